The molecule has 6 heteroatoms. The summed E-state index contributed by atoms with van der Waals surface area (Å²) >= 11 is 4.63. The largest absolute Gasteiger partial charge is 0.375 e. The van der Waals surface area contributed by atoms with E-state index in [0.717, 1.165) is 5.56 Å². The van der Waals surface area contributed by atoms with Crippen LogP contribution >= 0.6 is 12.2 Å². The summed E-state index contributed by atoms with van der Waals surface area (Å²) in [5.41, 5.74) is 9.91. The Labute approximate surface area is 127 Å². The number of thiocarbonyl (C=S) groups is 1. The van der Waals surface area contributed by atoms with Crippen LogP contribution in [0.25, 0.3) is 0 Å². The minimum atomic E-state index is -0.146. The van der Waals surface area contributed by atoms with E-state index in [2.05, 4.69) is 28.1 Å². The smallest absolute Gasteiger partial charge is 0.255 e. The van der Waals surface area contributed by atoms with Crippen LogP contribution in [0, 0.1) is 0 Å². The van der Waals surface area contributed by atoms with Crippen molar-refractivity contribution in [2.24, 2.45) is 10.8 Å². The van der Waals surface area contributed by atoms with E-state index in [-0.39, 0.29) is 11.0 Å². The number of anilines is 1. The number of hydrogen-bond donors (Lipinski definition) is 3. The van der Waals surface area contributed by atoms with Crippen molar-refractivity contribution in [1.29, 1.82) is 0 Å². The topological polar surface area (TPSA) is 79.5 Å². The molecule has 0 aromatic heterocycles. The average Bonchev–Trinajstić information content (AvgIpc) is 2.49. The number of nitrogens with zero attached hydrogens (tertiary/aromatic N) is 1. The molecule has 0 aliphatic rings. The predicted octanol–water partition coefficient (Wildman–Crippen LogP) is 2.11. The molecule has 0 saturated carbocycles. The van der Waals surface area contributed by atoms with Gasteiger partial charge in [-0.1, -0.05) is 30.3 Å². The van der Waals surface area contributed by atoms with Gasteiger partial charge < -0.3 is 11.1 Å². The number of nitrogens with two attached hydrogens (primary N) is 1. The number of carbonyl (C=O) groups excluding carboxylic acids is 1. The normalized spacial score (nSPS) is 10.3. The van der Waals surface area contributed by atoms with Gasteiger partial charge in [-0.05, 0) is 42.0 Å². The van der Waals surface area contributed by atoms with Crippen LogP contribution in [0.15, 0.2) is 59.7 Å². The molecule has 0 saturated heterocycles. The Bertz CT molecular complexity index is 653. The summed E-state index contributed by atoms with van der Waals surface area (Å²) in [6, 6.07) is 16.3. The highest BCUT2D eigenvalue weighted by Crippen LogP contribution is 2.10. The van der Waals surface area contributed by atoms with Crippen molar-refractivity contribution in [3.63, 3.8) is 0 Å². The summed E-state index contributed by atoms with van der Waals surface area (Å²) < 4.78 is 0. The zero-order chi connectivity index (χ0) is 15.1. The van der Waals surface area contributed by atoms with Crippen LogP contribution in [0.4, 0.5) is 5.69 Å². The molecule has 0 atom stereocenters. The van der Waals surface area contributed by atoms with Gasteiger partial charge in [0.15, 0.2) is 5.11 Å². The molecule has 0 aliphatic heterocycles. The third-order valence-electron chi connectivity index (χ3n) is 2.59. The first kappa shape index (κ1) is 14.7. The predicted molar refractivity (Wildman–Crippen MR) is 88.4 cm³/mol. The van der Waals surface area contributed by atoms with Crippen molar-refractivity contribution in [1.82, 2.24) is 5.43 Å². The van der Waals surface area contributed by atoms with E-state index in [9.17, 15) is 4.79 Å². The fourth-order valence-electron chi connectivity index (χ4n) is 1.62. The van der Waals surface area contributed by atoms with Gasteiger partial charge >= 0.3 is 0 Å². The van der Waals surface area contributed by atoms with Gasteiger partial charge in [0, 0.05) is 11.3 Å². The molecule has 0 fully saturated rings. The highest BCUT2D eigenvalue weighted by Gasteiger charge is 2.04. The highest BCUT2D eigenvalue weighted by atomic mass is 32.1. The number of amides is 1. The zero-order valence-corrected chi connectivity index (χ0v) is 11.9. The van der Waals surface area contributed by atoms with Crippen molar-refractivity contribution in [3.05, 3.63) is 65.7 Å². The van der Waals surface area contributed by atoms with E-state index in [1.807, 2.05) is 30.3 Å². The first-order chi connectivity index (χ1) is 10.1. The maximum absolute atomic E-state index is 12.0. The maximum atomic E-state index is 12.0. The number of hydrazone groups is 1. The molecule has 21 heavy (non-hydrogen) atoms. The molecule has 2 aromatic rings. The molecule has 0 radical (unpaired) electrons. The quantitative estimate of drug-likeness (QED) is 0.459. The Morgan fingerprint density at radius 2 is 1.76 bits per heavy atom. The molecule has 0 bridgehead atoms. The van der Waals surface area contributed by atoms with Crippen molar-refractivity contribution in [3.8, 4) is 0 Å². The molecular formula is C15H14N4OS. The van der Waals surface area contributed by atoms with Crippen LogP contribution in [0.1, 0.15) is 15.9 Å². The van der Waals surface area contributed by atoms with E-state index >= 15 is 0 Å². The Kier molecular flexibility index (Phi) is 5.00. The Morgan fingerprint density at radius 1 is 1.10 bits per heavy atom. The molecule has 5 nitrogen and oxygen atoms in total. The van der Waals surface area contributed by atoms with E-state index in [4.69, 9.17) is 5.73 Å². The van der Waals surface area contributed by atoms with Crippen LogP contribution in [-0.2, 0) is 0 Å². The Hall–Kier alpha value is -2.73. The van der Waals surface area contributed by atoms with E-state index in [0.29, 0.717) is 11.3 Å². The Morgan fingerprint density at radius 3 is 2.38 bits per heavy atom. The number of rotatable bonds is 4. The van der Waals surface area contributed by atoms with Crippen molar-refractivity contribution >= 4 is 35.1 Å². The van der Waals surface area contributed by atoms with Crippen LogP contribution in [0.3, 0.4) is 0 Å². The minimum Gasteiger partial charge on any atom is -0.375 e. The molecule has 0 heterocycles. The molecule has 1 amide bonds. The number of hydrogen-bond acceptors (Lipinski definition) is 3. The van der Waals surface area contributed by atoms with Gasteiger partial charge in [-0.25, -0.2) is 0 Å². The summed E-state index contributed by atoms with van der Waals surface area (Å²) in [5.74, 6) is -0.146. The average molecular weight is 298 g/mol. The summed E-state index contributed by atoms with van der Waals surface area (Å²) in [5, 5.41) is 6.78. The van der Waals surface area contributed by atoms with Crippen molar-refractivity contribution in [2.45, 2.75) is 0 Å². The lowest BCUT2D eigenvalue weighted by molar-refractivity contribution is 0.102. The SMILES string of the molecule is NC(=S)N/N=C/c1ccc(NC(=O)c2ccccc2)cc1. The lowest BCUT2D eigenvalue weighted by atomic mass is 10.2. The maximum Gasteiger partial charge on any atom is 0.255 e. The first-order valence-corrected chi connectivity index (χ1v) is 6.61. The summed E-state index contributed by atoms with van der Waals surface area (Å²) in [6.07, 6.45) is 1.59. The second-order valence-electron chi connectivity index (χ2n) is 4.18. The second kappa shape index (κ2) is 7.16. The summed E-state index contributed by atoms with van der Waals surface area (Å²) in [6.45, 7) is 0. The van der Waals surface area contributed by atoms with Gasteiger partial charge in [0.05, 0.1) is 6.21 Å². The monoisotopic (exact) mass is 298 g/mol. The van der Waals surface area contributed by atoms with Crippen molar-refractivity contribution in [2.75, 3.05) is 5.32 Å². The molecule has 2 aromatic carbocycles. The second-order valence-corrected chi connectivity index (χ2v) is 4.62. The van der Waals surface area contributed by atoms with Gasteiger partial charge in [-0.15, -0.1) is 0 Å². The van der Waals surface area contributed by atoms with Gasteiger partial charge in [-0.3, -0.25) is 10.2 Å². The molecule has 4 N–H and O–H groups in total. The third-order valence-corrected chi connectivity index (χ3v) is 2.68. The highest BCUT2D eigenvalue weighted by molar-refractivity contribution is 7.80. The standard InChI is InChI=1S/C15H14N4OS/c16-15(21)19-17-10-11-6-8-13(9-7-11)18-14(20)12-4-2-1-3-5-12/h1-10H,(H,18,20)(H3,16,19,21)/b17-10+. The molecule has 0 spiro atoms. The molecule has 2 rings (SSSR count). The van der Waals surface area contributed by atoms with Gasteiger partial charge in [-0.2, -0.15) is 5.10 Å². The fraction of sp³-hybridized carbons (Fsp3) is 0. The number of nitrogens with one attached hydrogen (secondary N) is 2. The van der Waals surface area contributed by atoms with E-state index in [1.165, 1.54) is 0 Å². The van der Waals surface area contributed by atoms with E-state index < -0.39 is 0 Å². The number of benzene rings is 2. The molecule has 106 valence electrons. The fourth-order valence-corrected chi connectivity index (χ4v) is 1.67. The van der Waals surface area contributed by atoms with E-state index in [1.54, 1.807) is 30.5 Å². The molecular weight excluding hydrogens is 284 g/mol. The lowest BCUT2D eigenvalue weighted by Crippen LogP contribution is -2.23. The van der Waals surface area contributed by atoms with Gasteiger partial charge in [0.25, 0.3) is 5.91 Å². The van der Waals surface area contributed by atoms with Crippen molar-refractivity contribution < 1.29 is 4.79 Å². The van der Waals surface area contributed by atoms with Crippen LogP contribution in [0.5, 0.6) is 0 Å². The number of carbonyl (C=O) groups is 1. The molecule has 0 aliphatic carbocycles. The minimum absolute atomic E-state index is 0.109. The lowest BCUT2D eigenvalue weighted by Gasteiger charge is -2.05. The first-order valence-electron chi connectivity index (χ1n) is 6.20. The summed E-state index contributed by atoms with van der Waals surface area (Å²) in [4.78, 5) is 12.0. The van der Waals surface area contributed by atoms with Gasteiger partial charge in [0.1, 0.15) is 0 Å². The zero-order valence-electron chi connectivity index (χ0n) is 11.1. The van der Waals surface area contributed by atoms with Crippen LogP contribution in [0.2, 0.25) is 0 Å². The third kappa shape index (κ3) is 4.70. The summed E-state index contributed by atoms with van der Waals surface area (Å²) in [7, 11) is 0. The Balaban J connectivity index is 1.98. The van der Waals surface area contributed by atoms with Crippen LogP contribution in [-0.4, -0.2) is 17.2 Å². The van der Waals surface area contributed by atoms with Crippen LogP contribution < -0.4 is 16.5 Å². The molecule has 0 unspecified atom stereocenters. The van der Waals surface area contributed by atoms with Gasteiger partial charge in [0.2, 0.25) is 0 Å².